The standard InChI is InChI=1S/C18H21F3N2O/c1-13(17-9-5-6-10-22-17)23(2)12-15(24)11-14-7-3-4-8-16(14)18(19,20)21/h3-10,13,15,24H,11-12H2,1-2H3. The van der Waals surface area contributed by atoms with E-state index in [2.05, 4.69) is 4.98 Å². The number of nitrogens with zero attached hydrogens (tertiary/aromatic N) is 2. The van der Waals surface area contributed by atoms with Crippen molar-refractivity contribution in [2.24, 2.45) is 0 Å². The van der Waals surface area contributed by atoms with Crippen molar-refractivity contribution in [3.8, 4) is 0 Å². The summed E-state index contributed by atoms with van der Waals surface area (Å²) < 4.78 is 39.0. The third kappa shape index (κ3) is 4.79. The van der Waals surface area contributed by atoms with Crippen LogP contribution in [-0.4, -0.2) is 34.7 Å². The number of rotatable bonds is 6. The Bertz CT molecular complexity index is 646. The van der Waals surface area contributed by atoms with Crippen LogP contribution < -0.4 is 0 Å². The first-order chi connectivity index (χ1) is 11.3. The fourth-order valence-corrected chi connectivity index (χ4v) is 2.63. The Morgan fingerprint density at radius 1 is 1.12 bits per heavy atom. The molecule has 0 aliphatic rings. The van der Waals surface area contributed by atoms with E-state index in [4.69, 9.17) is 0 Å². The number of pyridine rings is 1. The first-order valence-corrected chi connectivity index (χ1v) is 7.73. The number of halogens is 3. The van der Waals surface area contributed by atoms with Crippen LogP contribution in [0.2, 0.25) is 0 Å². The Morgan fingerprint density at radius 3 is 2.42 bits per heavy atom. The van der Waals surface area contributed by atoms with Crippen molar-refractivity contribution in [3.63, 3.8) is 0 Å². The number of aliphatic hydroxyl groups excluding tert-OH is 1. The minimum Gasteiger partial charge on any atom is -0.391 e. The van der Waals surface area contributed by atoms with Crippen molar-refractivity contribution in [1.82, 2.24) is 9.88 Å². The fraction of sp³-hybridized carbons (Fsp3) is 0.389. The Kier molecular flexibility index (Phi) is 5.96. The third-order valence-electron chi connectivity index (χ3n) is 4.05. The first-order valence-electron chi connectivity index (χ1n) is 7.73. The maximum absolute atomic E-state index is 13.0. The highest BCUT2D eigenvalue weighted by Gasteiger charge is 2.33. The van der Waals surface area contributed by atoms with E-state index in [-0.39, 0.29) is 24.6 Å². The van der Waals surface area contributed by atoms with E-state index in [1.54, 1.807) is 12.3 Å². The van der Waals surface area contributed by atoms with Gasteiger partial charge in [-0.3, -0.25) is 9.88 Å². The van der Waals surface area contributed by atoms with Crippen molar-refractivity contribution in [3.05, 3.63) is 65.5 Å². The zero-order chi connectivity index (χ0) is 17.7. The second kappa shape index (κ2) is 7.77. The Labute approximate surface area is 139 Å². The summed E-state index contributed by atoms with van der Waals surface area (Å²) >= 11 is 0. The van der Waals surface area contributed by atoms with E-state index in [1.807, 2.05) is 37.1 Å². The van der Waals surface area contributed by atoms with E-state index in [9.17, 15) is 18.3 Å². The molecule has 2 unspecified atom stereocenters. The summed E-state index contributed by atoms with van der Waals surface area (Å²) in [5.74, 6) is 0. The first kappa shape index (κ1) is 18.4. The average Bonchev–Trinajstić information content (AvgIpc) is 2.54. The van der Waals surface area contributed by atoms with Crippen LogP contribution in [0.1, 0.15) is 29.8 Å². The van der Waals surface area contributed by atoms with Gasteiger partial charge in [0.2, 0.25) is 0 Å². The molecule has 0 radical (unpaired) electrons. The molecule has 1 heterocycles. The molecule has 1 aromatic heterocycles. The molecule has 0 saturated heterocycles. The van der Waals surface area contributed by atoms with Gasteiger partial charge in [0.05, 0.1) is 17.4 Å². The zero-order valence-electron chi connectivity index (χ0n) is 13.7. The number of hydrogen-bond donors (Lipinski definition) is 1. The summed E-state index contributed by atoms with van der Waals surface area (Å²) in [4.78, 5) is 6.14. The van der Waals surface area contributed by atoms with Crippen LogP contribution in [0, 0.1) is 0 Å². The zero-order valence-corrected chi connectivity index (χ0v) is 13.7. The van der Waals surface area contributed by atoms with Crippen LogP contribution in [0.25, 0.3) is 0 Å². The molecule has 0 fully saturated rings. The van der Waals surface area contributed by atoms with Gasteiger partial charge in [-0.05, 0) is 37.7 Å². The molecule has 2 atom stereocenters. The second-order valence-electron chi connectivity index (χ2n) is 5.88. The highest BCUT2D eigenvalue weighted by molar-refractivity contribution is 5.30. The van der Waals surface area contributed by atoms with E-state index in [1.165, 1.54) is 12.1 Å². The molecule has 130 valence electrons. The monoisotopic (exact) mass is 338 g/mol. The predicted molar refractivity (Wildman–Crippen MR) is 86.4 cm³/mol. The molecule has 1 N–H and O–H groups in total. The van der Waals surface area contributed by atoms with Gasteiger partial charge in [0.15, 0.2) is 0 Å². The summed E-state index contributed by atoms with van der Waals surface area (Å²) in [6.07, 6.45) is -3.67. The Morgan fingerprint density at radius 2 is 1.79 bits per heavy atom. The quantitative estimate of drug-likeness (QED) is 0.872. The number of alkyl halides is 3. The summed E-state index contributed by atoms with van der Waals surface area (Å²) in [5.41, 5.74) is 0.267. The molecule has 0 aliphatic heterocycles. The predicted octanol–water partition coefficient (Wildman–Crippen LogP) is 3.70. The number of aliphatic hydroxyl groups is 1. The maximum Gasteiger partial charge on any atom is 0.416 e. The van der Waals surface area contributed by atoms with Gasteiger partial charge in [-0.15, -0.1) is 0 Å². The highest BCUT2D eigenvalue weighted by atomic mass is 19.4. The molecule has 0 spiro atoms. The topological polar surface area (TPSA) is 36.4 Å². The molecular formula is C18H21F3N2O. The molecule has 3 nitrogen and oxygen atoms in total. The molecule has 0 bridgehead atoms. The van der Waals surface area contributed by atoms with Gasteiger partial charge in [-0.2, -0.15) is 13.2 Å². The molecule has 0 aliphatic carbocycles. The minimum atomic E-state index is -4.41. The molecule has 6 heteroatoms. The lowest BCUT2D eigenvalue weighted by atomic mass is 10.0. The number of benzene rings is 1. The van der Waals surface area contributed by atoms with Gasteiger partial charge in [0.25, 0.3) is 0 Å². The van der Waals surface area contributed by atoms with Crippen molar-refractivity contribution in [2.75, 3.05) is 13.6 Å². The molecule has 2 aromatic rings. The molecule has 0 saturated carbocycles. The summed E-state index contributed by atoms with van der Waals surface area (Å²) in [6.45, 7) is 2.20. The van der Waals surface area contributed by atoms with Crippen molar-refractivity contribution >= 4 is 0 Å². The summed E-state index contributed by atoms with van der Waals surface area (Å²) in [6, 6.07) is 10.9. The molecule has 1 aromatic carbocycles. The lowest BCUT2D eigenvalue weighted by molar-refractivity contribution is -0.138. The van der Waals surface area contributed by atoms with Gasteiger partial charge in [-0.1, -0.05) is 24.3 Å². The summed E-state index contributed by atoms with van der Waals surface area (Å²) in [7, 11) is 1.82. The number of hydrogen-bond acceptors (Lipinski definition) is 3. The van der Waals surface area contributed by atoms with Gasteiger partial charge in [-0.25, -0.2) is 0 Å². The van der Waals surface area contributed by atoms with E-state index >= 15 is 0 Å². The molecule has 24 heavy (non-hydrogen) atoms. The third-order valence-corrected chi connectivity index (χ3v) is 4.05. The maximum atomic E-state index is 13.0. The average molecular weight is 338 g/mol. The van der Waals surface area contributed by atoms with E-state index in [0.717, 1.165) is 11.8 Å². The largest absolute Gasteiger partial charge is 0.416 e. The molecule has 0 amide bonds. The Balaban J connectivity index is 2.02. The van der Waals surface area contributed by atoms with Gasteiger partial charge >= 0.3 is 6.18 Å². The van der Waals surface area contributed by atoms with Gasteiger partial charge in [0.1, 0.15) is 0 Å². The highest BCUT2D eigenvalue weighted by Crippen LogP contribution is 2.32. The normalized spacial score (nSPS) is 14.6. The number of likely N-dealkylation sites (N-methyl/N-ethyl adjacent to an activating group) is 1. The van der Waals surface area contributed by atoms with Crippen LogP contribution in [0.5, 0.6) is 0 Å². The van der Waals surface area contributed by atoms with Crippen LogP contribution in [0.3, 0.4) is 0 Å². The van der Waals surface area contributed by atoms with Crippen molar-refractivity contribution < 1.29 is 18.3 Å². The van der Waals surface area contributed by atoms with Crippen LogP contribution in [0.4, 0.5) is 13.2 Å². The van der Waals surface area contributed by atoms with Gasteiger partial charge < -0.3 is 5.11 Å². The smallest absolute Gasteiger partial charge is 0.391 e. The van der Waals surface area contributed by atoms with Crippen LogP contribution in [0.15, 0.2) is 48.7 Å². The SMILES string of the molecule is CC(c1ccccn1)N(C)CC(O)Cc1ccccc1C(F)(F)F. The molecule has 2 rings (SSSR count). The van der Waals surface area contributed by atoms with Crippen molar-refractivity contribution in [2.45, 2.75) is 31.7 Å². The number of aromatic nitrogens is 1. The summed E-state index contributed by atoms with van der Waals surface area (Å²) in [5, 5.41) is 10.2. The Hall–Kier alpha value is -1.92. The van der Waals surface area contributed by atoms with E-state index in [0.29, 0.717) is 0 Å². The minimum absolute atomic E-state index is 0.0429. The van der Waals surface area contributed by atoms with Gasteiger partial charge in [0, 0.05) is 25.2 Å². The van der Waals surface area contributed by atoms with Crippen LogP contribution in [-0.2, 0) is 12.6 Å². The van der Waals surface area contributed by atoms with Crippen molar-refractivity contribution in [1.29, 1.82) is 0 Å². The second-order valence-corrected chi connectivity index (χ2v) is 5.88. The molecular weight excluding hydrogens is 317 g/mol. The van der Waals surface area contributed by atoms with Crippen LogP contribution >= 0.6 is 0 Å². The lowest BCUT2D eigenvalue weighted by Gasteiger charge is -2.27. The lowest BCUT2D eigenvalue weighted by Crippen LogP contribution is -2.33. The fourth-order valence-electron chi connectivity index (χ4n) is 2.63. The van der Waals surface area contributed by atoms with E-state index < -0.39 is 17.8 Å².